The summed E-state index contributed by atoms with van der Waals surface area (Å²) in [5.41, 5.74) is 1.80. The maximum Gasteiger partial charge on any atom is 0.414 e. The van der Waals surface area contributed by atoms with E-state index in [1.165, 1.54) is 23.1 Å². The van der Waals surface area contributed by atoms with E-state index in [0.717, 1.165) is 30.2 Å². The third-order valence-electron chi connectivity index (χ3n) is 5.19. The van der Waals surface area contributed by atoms with Gasteiger partial charge in [0.2, 0.25) is 0 Å². The number of hydrogen-bond acceptors (Lipinski definition) is 7. The molecular formula is C21H23FN2O5S2. The minimum Gasteiger partial charge on any atom is -0.441 e. The second-order valence-corrected chi connectivity index (χ2v) is 10.2. The highest BCUT2D eigenvalue weighted by atomic mass is 32.2. The van der Waals surface area contributed by atoms with Crippen molar-refractivity contribution in [3.8, 4) is 0 Å². The topological polar surface area (TPSA) is 76.2 Å². The van der Waals surface area contributed by atoms with Gasteiger partial charge in [-0.15, -0.1) is 0 Å². The number of rotatable bonds is 6. The molecule has 1 atom stereocenters. The molecule has 0 radical (unpaired) electrons. The van der Waals surface area contributed by atoms with E-state index in [2.05, 4.69) is 0 Å². The Morgan fingerprint density at radius 1 is 1.16 bits per heavy atom. The van der Waals surface area contributed by atoms with Crippen LogP contribution in [0.4, 0.5) is 20.6 Å². The van der Waals surface area contributed by atoms with Crippen molar-refractivity contribution >= 4 is 39.3 Å². The number of amides is 1. The van der Waals surface area contributed by atoms with Gasteiger partial charge >= 0.3 is 6.09 Å². The first kappa shape index (κ1) is 21.9. The summed E-state index contributed by atoms with van der Waals surface area (Å²) >= 11 is 1.84. The number of aryl methyl sites for hydroxylation is 1. The van der Waals surface area contributed by atoms with Crippen LogP contribution < -0.4 is 9.80 Å². The molecule has 166 valence electrons. The molecule has 31 heavy (non-hydrogen) atoms. The molecule has 0 N–H and O–H groups in total. The summed E-state index contributed by atoms with van der Waals surface area (Å²) in [5.74, 6) is 1.50. The fourth-order valence-corrected chi connectivity index (χ4v) is 5.32. The number of thioether (sulfide) groups is 1. The minimum absolute atomic E-state index is 0.0352. The largest absolute Gasteiger partial charge is 0.441 e. The molecule has 7 nitrogen and oxygen atoms in total. The van der Waals surface area contributed by atoms with Crippen LogP contribution in [0.1, 0.15) is 5.56 Å². The van der Waals surface area contributed by atoms with E-state index in [4.69, 9.17) is 8.92 Å². The Balaban J connectivity index is 1.40. The van der Waals surface area contributed by atoms with E-state index in [0.29, 0.717) is 11.4 Å². The highest BCUT2D eigenvalue weighted by molar-refractivity contribution is 7.99. The smallest absolute Gasteiger partial charge is 0.414 e. The predicted molar refractivity (Wildman–Crippen MR) is 118 cm³/mol. The van der Waals surface area contributed by atoms with Crippen LogP contribution in [0, 0.1) is 12.7 Å². The van der Waals surface area contributed by atoms with Crippen LogP contribution in [0.3, 0.4) is 0 Å². The van der Waals surface area contributed by atoms with E-state index < -0.39 is 28.1 Å². The molecule has 2 aromatic rings. The lowest BCUT2D eigenvalue weighted by molar-refractivity contribution is 0.107. The fraction of sp³-hybridized carbons (Fsp3) is 0.381. The van der Waals surface area contributed by atoms with Crippen LogP contribution in [-0.2, 0) is 19.0 Å². The lowest BCUT2D eigenvalue weighted by atomic mass is 10.2. The molecule has 0 spiro atoms. The van der Waals surface area contributed by atoms with E-state index in [1.807, 2.05) is 23.6 Å². The van der Waals surface area contributed by atoms with Gasteiger partial charge in [0, 0.05) is 24.6 Å². The number of benzene rings is 2. The summed E-state index contributed by atoms with van der Waals surface area (Å²) in [4.78, 5) is 15.6. The Labute approximate surface area is 185 Å². The molecule has 0 saturated carbocycles. The first-order valence-corrected chi connectivity index (χ1v) is 12.5. The number of hydrogen-bond donors (Lipinski definition) is 0. The van der Waals surface area contributed by atoms with Crippen LogP contribution in [0.15, 0.2) is 47.4 Å². The van der Waals surface area contributed by atoms with Crippen LogP contribution >= 0.6 is 11.8 Å². The van der Waals surface area contributed by atoms with Gasteiger partial charge in [0.05, 0.1) is 22.8 Å². The molecule has 2 saturated heterocycles. The molecule has 0 unspecified atom stereocenters. The van der Waals surface area contributed by atoms with Crippen molar-refractivity contribution in [3.63, 3.8) is 0 Å². The second kappa shape index (κ2) is 9.05. The van der Waals surface area contributed by atoms with E-state index in [-0.39, 0.29) is 18.0 Å². The minimum atomic E-state index is -3.97. The molecule has 2 heterocycles. The maximum absolute atomic E-state index is 14.7. The first-order valence-electron chi connectivity index (χ1n) is 9.90. The molecule has 0 aliphatic carbocycles. The number of halogens is 1. The Morgan fingerprint density at radius 2 is 1.87 bits per heavy atom. The van der Waals surface area contributed by atoms with Crippen LogP contribution in [0.2, 0.25) is 0 Å². The van der Waals surface area contributed by atoms with Gasteiger partial charge in [-0.2, -0.15) is 20.2 Å². The zero-order chi connectivity index (χ0) is 22.0. The Bertz CT molecular complexity index is 1060. The molecule has 10 heteroatoms. The van der Waals surface area contributed by atoms with Crippen molar-refractivity contribution in [2.45, 2.75) is 17.9 Å². The van der Waals surface area contributed by atoms with E-state index >= 15 is 0 Å². The summed E-state index contributed by atoms with van der Waals surface area (Å²) in [5, 5.41) is 0. The number of cyclic esters (lactones) is 1. The quantitative estimate of drug-likeness (QED) is 0.604. The zero-order valence-electron chi connectivity index (χ0n) is 17.0. The fourth-order valence-electron chi connectivity index (χ4n) is 3.48. The van der Waals surface area contributed by atoms with Crippen molar-refractivity contribution in [2.75, 3.05) is 47.5 Å². The van der Waals surface area contributed by atoms with Gasteiger partial charge in [0.1, 0.15) is 18.5 Å². The summed E-state index contributed by atoms with van der Waals surface area (Å²) in [7, 11) is -3.97. The monoisotopic (exact) mass is 466 g/mol. The van der Waals surface area contributed by atoms with E-state index in [1.54, 1.807) is 24.3 Å². The summed E-state index contributed by atoms with van der Waals surface area (Å²) in [6, 6.07) is 10.9. The van der Waals surface area contributed by atoms with Gasteiger partial charge in [-0.3, -0.25) is 9.08 Å². The number of ether oxygens (including phenoxy) is 1. The third kappa shape index (κ3) is 4.97. The van der Waals surface area contributed by atoms with Gasteiger partial charge in [-0.1, -0.05) is 17.7 Å². The van der Waals surface area contributed by atoms with Crippen molar-refractivity contribution in [1.82, 2.24) is 0 Å². The molecule has 2 fully saturated rings. The van der Waals surface area contributed by atoms with Gasteiger partial charge < -0.3 is 9.64 Å². The number of carbonyl (C=O) groups excluding carboxylic acids is 1. The highest BCUT2D eigenvalue weighted by Crippen LogP contribution is 2.29. The van der Waals surface area contributed by atoms with Gasteiger partial charge in [-0.25, -0.2) is 9.18 Å². The Morgan fingerprint density at radius 3 is 2.55 bits per heavy atom. The second-order valence-electron chi connectivity index (χ2n) is 7.40. The molecule has 2 aliphatic heterocycles. The van der Waals surface area contributed by atoms with Crippen molar-refractivity contribution < 1.29 is 26.5 Å². The standard InChI is InChI=1S/C21H23FN2O5S2/c1-15-2-5-18(6-3-15)31(26,27)28-14-17-13-24(21(25)29-17)16-4-7-20(19(22)12-16)23-8-10-30-11-9-23/h2-7,12,17H,8-11,13-14H2,1H3/t17-/m1/s1. The zero-order valence-corrected chi connectivity index (χ0v) is 18.6. The molecule has 0 bridgehead atoms. The number of nitrogens with zero attached hydrogens (tertiary/aromatic N) is 2. The number of anilines is 2. The molecule has 4 rings (SSSR count). The van der Waals surface area contributed by atoms with Crippen molar-refractivity contribution in [2.24, 2.45) is 0 Å². The highest BCUT2D eigenvalue weighted by Gasteiger charge is 2.34. The van der Waals surface area contributed by atoms with Gasteiger partial charge in [0.25, 0.3) is 10.1 Å². The SMILES string of the molecule is Cc1ccc(S(=O)(=O)OC[C@H]2CN(c3ccc(N4CCSCC4)c(F)c3)C(=O)O2)cc1. The lowest BCUT2D eigenvalue weighted by Gasteiger charge is -2.29. The summed E-state index contributed by atoms with van der Waals surface area (Å²) < 4.78 is 49.7. The van der Waals surface area contributed by atoms with Crippen molar-refractivity contribution in [1.29, 1.82) is 0 Å². The normalized spacial score (nSPS) is 19.5. The lowest BCUT2D eigenvalue weighted by Crippen LogP contribution is -2.33. The van der Waals surface area contributed by atoms with Crippen molar-refractivity contribution in [3.05, 3.63) is 53.8 Å². The molecule has 1 amide bonds. The van der Waals surface area contributed by atoms with Crippen LogP contribution in [0.25, 0.3) is 0 Å². The molecule has 0 aromatic heterocycles. The molecule has 2 aromatic carbocycles. The first-order chi connectivity index (χ1) is 14.8. The van der Waals surface area contributed by atoms with Crippen LogP contribution in [-0.4, -0.2) is 58.4 Å². The van der Waals surface area contributed by atoms with Crippen LogP contribution in [0.5, 0.6) is 0 Å². The van der Waals surface area contributed by atoms with Gasteiger partial charge in [-0.05, 0) is 37.3 Å². The average molecular weight is 467 g/mol. The molecular weight excluding hydrogens is 443 g/mol. The molecule has 2 aliphatic rings. The summed E-state index contributed by atoms with van der Waals surface area (Å²) in [6.45, 7) is 3.17. The average Bonchev–Trinajstić information content (AvgIpc) is 3.14. The predicted octanol–water partition coefficient (Wildman–Crippen LogP) is 3.42. The Kier molecular flexibility index (Phi) is 6.40. The third-order valence-corrected chi connectivity index (χ3v) is 7.43. The summed E-state index contributed by atoms with van der Waals surface area (Å²) in [6.07, 6.45) is -1.45. The van der Waals surface area contributed by atoms with Gasteiger partial charge in [0.15, 0.2) is 0 Å². The van der Waals surface area contributed by atoms with E-state index in [9.17, 15) is 17.6 Å². The maximum atomic E-state index is 14.7. The Hall–Kier alpha value is -2.30. The number of carbonyl (C=O) groups is 1.